The van der Waals surface area contributed by atoms with Gasteiger partial charge in [0.25, 0.3) is 5.91 Å². The minimum Gasteiger partial charge on any atom is -0.475 e. The summed E-state index contributed by atoms with van der Waals surface area (Å²) in [6, 6.07) is 14.4. The van der Waals surface area contributed by atoms with Crippen molar-refractivity contribution < 1.29 is 19.1 Å². The van der Waals surface area contributed by atoms with Gasteiger partial charge >= 0.3 is 0 Å². The molecule has 10 heteroatoms. The Balaban J connectivity index is 1.26. The quantitative estimate of drug-likeness (QED) is 0.346. The van der Waals surface area contributed by atoms with E-state index in [4.69, 9.17) is 4.74 Å². The highest BCUT2D eigenvalue weighted by molar-refractivity contribution is 7.14. The molecular weight excluding hydrogens is 496 g/mol. The first-order chi connectivity index (χ1) is 17.6. The molecule has 1 atom stereocenters. The van der Waals surface area contributed by atoms with E-state index in [2.05, 4.69) is 15.3 Å². The van der Waals surface area contributed by atoms with Gasteiger partial charge in [-0.3, -0.25) is 24.3 Å². The van der Waals surface area contributed by atoms with Gasteiger partial charge in [0.05, 0.1) is 10.4 Å². The predicted molar refractivity (Wildman–Crippen MR) is 138 cm³/mol. The SMILES string of the molecule is O=C(CCCN(C(=O)c1cccs1)c1nc(C2Oc3ccccc3C2=O)cs1)NCc1cccnc1. The van der Waals surface area contributed by atoms with Crippen molar-refractivity contribution in [1.82, 2.24) is 15.3 Å². The fourth-order valence-corrected chi connectivity index (χ4v) is 5.35. The Morgan fingerprint density at radius 1 is 1.08 bits per heavy atom. The number of hydrogen-bond acceptors (Lipinski definition) is 8. The number of pyridine rings is 1. The van der Waals surface area contributed by atoms with Crippen LogP contribution in [0.25, 0.3) is 0 Å². The van der Waals surface area contributed by atoms with E-state index in [1.54, 1.807) is 46.9 Å². The average Bonchev–Trinajstić information content (AvgIpc) is 3.67. The Labute approximate surface area is 215 Å². The number of ketones is 1. The number of carbonyl (C=O) groups excluding carboxylic acids is 3. The Morgan fingerprint density at radius 2 is 1.97 bits per heavy atom. The van der Waals surface area contributed by atoms with Gasteiger partial charge in [-0.1, -0.05) is 24.3 Å². The Hall–Kier alpha value is -3.89. The van der Waals surface area contributed by atoms with E-state index >= 15 is 0 Å². The third-order valence-corrected chi connectivity index (χ3v) is 7.36. The maximum absolute atomic E-state index is 13.3. The number of fused-ring (bicyclic) bond motifs is 1. The summed E-state index contributed by atoms with van der Waals surface area (Å²) in [5.74, 6) is 0.0864. The Bertz CT molecular complexity index is 1370. The van der Waals surface area contributed by atoms with Gasteiger partial charge in [0.15, 0.2) is 5.13 Å². The first-order valence-corrected chi connectivity index (χ1v) is 13.1. The zero-order valence-electron chi connectivity index (χ0n) is 19.1. The number of carbonyl (C=O) groups is 3. The molecule has 36 heavy (non-hydrogen) atoms. The lowest BCUT2D eigenvalue weighted by molar-refractivity contribution is -0.121. The van der Waals surface area contributed by atoms with Crippen molar-refractivity contribution in [3.05, 3.63) is 93.4 Å². The molecular formula is C26H22N4O4S2. The van der Waals surface area contributed by atoms with Crippen LogP contribution >= 0.6 is 22.7 Å². The third kappa shape index (κ3) is 5.19. The first kappa shape index (κ1) is 23.8. The van der Waals surface area contributed by atoms with Crippen molar-refractivity contribution >= 4 is 45.4 Å². The van der Waals surface area contributed by atoms with Crippen LogP contribution in [0.1, 0.15) is 50.2 Å². The molecule has 0 fully saturated rings. The average molecular weight is 519 g/mol. The van der Waals surface area contributed by atoms with E-state index in [1.165, 1.54) is 22.7 Å². The number of thiazole rings is 1. The number of Topliss-reactive ketones (excluding diaryl/α,β-unsaturated/α-hetero) is 1. The molecule has 182 valence electrons. The number of hydrogen-bond donors (Lipinski definition) is 1. The molecule has 1 aliphatic rings. The van der Waals surface area contributed by atoms with E-state index in [9.17, 15) is 14.4 Å². The van der Waals surface area contributed by atoms with Gasteiger partial charge in [0.2, 0.25) is 17.8 Å². The van der Waals surface area contributed by atoms with Crippen molar-refractivity contribution in [2.45, 2.75) is 25.5 Å². The predicted octanol–water partition coefficient (Wildman–Crippen LogP) is 4.66. The second kappa shape index (κ2) is 10.8. The number of amides is 2. The molecule has 1 N–H and O–H groups in total. The maximum Gasteiger partial charge on any atom is 0.270 e. The zero-order chi connectivity index (χ0) is 24.9. The summed E-state index contributed by atoms with van der Waals surface area (Å²) in [4.78, 5) is 49.2. The molecule has 5 rings (SSSR count). The molecule has 1 unspecified atom stereocenters. The second-order valence-electron chi connectivity index (χ2n) is 8.09. The minimum atomic E-state index is -0.829. The van der Waals surface area contributed by atoms with E-state index in [1.807, 2.05) is 29.6 Å². The highest BCUT2D eigenvalue weighted by Crippen LogP contribution is 2.38. The fourth-order valence-electron chi connectivity index (χ4n) is 3.82. The van der Waals surface area contributed by atoms with E-state index in [0.717, 1.165) is 5.56 Å². The number of ether oxygens (including phenoxy) is 1. The summed E-state index contributed by atoms with van der Waals surface area (Å²) in [5.41, 5.74) is 1.91. The summed E-state index contributed by atoms with van der Waals surface area (Å²) in [6.45, 7) is 0.710. The molecule has 0 bridgehead atoms. The number of benzene rings is 1. The number of rotatable bonds is 9. The lowest BCUT2D eigenvalue weighted by Crippen LogP contribution is -2.32. The number of para-hydroxylation sites is 1. The van der Waals surface area contributed by atoms with Crippen LogP contribution in [-0.2, 0) is 11.3 Å². The fraction of sp³-hybridized carbons (Fsp3) is 0.192. The number of thiophene rings is 1. The molecule has 1 aliphatic heterocycles. The van der Waals surface area contributed by atoms with E-state index in [0.29, 0.717) is 46.5 Å². The molecule has 0 saturated carbocycles. The molecule has 0 radical (unpaired) electrons. The third-order valence-electron chi connectivity index (χ3n) is 5.62. The maximum atomic E-state index is 13.3. The van der Waals surface area contributed by atoms with Gasteiger partial charge < -0.3 is 10.1 Å². The van der Waals surface area contributed by atoms with E-state index < -0.39 is 6.10 Å². The van der Waals surface area contributed by atoms with Crippen molar-refractivity contribution in [2.24, 2.45) is 0 Å². The van der Waals surface area contributed by atoms with Crippen LogP contribution < -0.4 is 15.0 Å². The molecule has 1 aromatic carbocycles. The molecule has 0 spiro atoms. The summed E-state index contributed by atoms with van der Waals surface area (Å²) in [6.07, 6.45) is 3.27. The monoisotopic (exact) mass is 518 g/mol. The van der Waals surface area contributed by atoms with Crippen LogP contribution in [0.2, 0.25) is 0 Å². The minimum absolute atomic E-state index is 0.107. The molecule has 0 aliphatic carbocycles. The summed E-state index contributed by atoms with van der Waals surface area (Å²) < 4.78 is 5.84. The summed E-state index contributed by atoms with van der Waals surface area (Å²) >= 11 is 2.62. The van der Waals surface area contributed by atoms with Crippen LogP contribution in [0.15, 0.2) is 71.7 Å². The highest BCUT2D eigenvalue weighted by atomic mass is 32.1. The molecule has 4 heterocycles. The van der Waals surface area contributed by atoms with Crippen LogP contribution in [-0.4, -0.2) is 34.1 Å². The lowest BCUT2D eigenvalue weighted by Gasteiger charge is -2.19. The van der Waals surface area contributed by atoms with Gasteiger partial charge in [0, 0.05) is 37.3 Å². The van der Waals surface area contributed by atoms with Crippen LogP contribution in [0, 0.1) is 0 Å². The Morgan fingerprint density at radius 3 is 2.75 bits per heavy atom. The first-order valence-electron chi connectivity index (χ1n) is 11.4. The number of anilines is 1. The zero-order valence-corrected chi connectivity index (χ0v) is 20.8. The number of aromatic nitrogens is 2. The van der Waals surface area contributed by atoms with Gasteiger partial charge in [-0.25, -0.2) is 4.98 Å². The van der Waals surface area contributed by atoms with Crippen molar-refractivity contribution in [3.63, 3.8) is 0 Å². The van der Waals surface area contributed by atoms with Crippen LogP contribution in [0.3, 0.4) is 0 Å². The van der Waals surface area contributed by atoms with Crippen LogP contribution in [0.5, 0.6) is 5.75 Å². The normalized spacial score (nSPS) is 14.2. The molecule has 3 aromatic heterocycles. The van der Waals surface area contributed by atoms with E-state index in [-0.39, 0.29) is 24.0 Å². The number of nitrogens with zero attached hydrogens (tertiary/aromatic N) is 3. The Kier molecular flexibility index (Phi) is 7.15. The topological polar surface area (TPSA) is 101 Å². The summed E-state index contributed by atoms with van der Waals surface area (Å²) in [5, 5.41) is 6.93. The standard InChI is InChI=1S/C26H22N4O4S2/c31-22(28-15-17-6-3-11-27-14-17)10-4-12-30(25(33)21-9-5-13-35-21)26-29-19(16-36-26)24-23(32)18-7-1-2-8-20(18)34-24/h1-3,5-9,11,13-14,16,24H,4,10,12,15H2,(H,28,31). The van der Waals surface area contributed by atoms with Crippen LogP contribution in [0.4, 0.5) is 5.13 Å². The summed E-state index contributed by atoms with van der Waals surface area (Å²) in [7, 11) is 0. The van der Waals surface area contributed by atoms with Gasteiger partial charge in [-0.2, -0.15) is 0 Å². The smallest absolute Gasteiger partial charge is 0.270 e. The molecule has 2 amide bonds. The molecule has 0 saturated heterocycles. The second-order valence-corrected chi connectivity index (χ2v) is 9.87. The van der Waals surface area contributed by atoms with Gasteiger partial charge in [0.1, 0.15) is 11.4 Å². The highest BCUT2D eigenvalue weighted by Gasteiger charge is 2.35. The molecule has 4 aromatic rings. The van der Waals surface area contributed by atoms with Crippen molar-refractivity contribution in [3.8, 4) is 5.75 Å². The molecule has 8 nitrogen and oxygen atoms in total. The van der Waals surface area contributed by atoms with Gasteiger partial charge in [-0.05, 0) is 41.6 Å². The van der Waals surface area contributed by atoms with Crippen molar-refractivity contribution in [1.29, 1.82) is 0 Å². The largest absolute Gasteiger partial charge is 0.475 e. The lowest BCUT2D eigenvalue weighted by atomic mass is 10.1. The number of nitrogens with one attached hydrogen (secondary N) is 1. The van der Waals surface area contributed by atoms with Crippen molar-refractivity contribution in [2.75, 3.05) is 11.4 Å². The van der Waals surface area contributed by atoms with Gasteiger partial charge in [-0.15, -0.1) is 22.7 Å².